The number of nitrogens with zero attached hydrogens (tertiary/aromatic N) is 5. The van der Waals surface area contributed by atoms with Crippen LogP contribution in [0.25, 0.3) is 17.1 Å². The minimum Gasteiger partial charge on any atom is -0.494 e. The Morgan fingerprint density at radius 3 is 2.76 bits per heavy atom. The van der Waals surface area contributed by atoms with E-state index in [1.807, 2.05) is 66.9 Å². The zero-order valence-electron chi connectivity index (χ0n) is 18.1. The zero-order valence-corrected chi connectivity index (χ0v) is 19.8. The SMILES string of the molecule is CCOc1ccc(-n2c(SCC(=O)NN=Cc3ccc(C)s3)nnc2-c2cccnc2)cc1. The molecular formula is C23H22N6O2S2. The lowest BCUT2D eigenvalue weighted by Gasteiger charge is -2.11. The van der Waals surface area contributed by atoms with Gasteiger partial charge in [0.05, 0.1) is 18.6 Å². The van der Waals surface area contributed by atoms with Crippen LogP contribution in [-0.2, 0) is 4.79 Å². The van der Waals surface area contributed by atoms with Gasteiger partial charge in [-0.3, -0.25) is 14.3 Å². The van der Waals surface area contributed by atoms with E-state index >= 15 is 0 Å². The molecule has 8 nitrogen and oxygen atoms in total. The maximum absolute atomic E-state index is 12.3. The van der Waals surface area contributed by atoms with Crippen LogP contribution in [0.4, 0.5) is 0 Å². The number of hydrogen-bond acceptors (Lipinski definition) is 8. The van der Waals surface area contributed by atoms with Crippen LogP contribution >= 0.6 is 23.1 Å². The van der Waals surface area contributed by atoms with Crippen LogP contribution in [0.2, 0.25) is 0 Å². The van der Waals surface area contributed by atoms with Crippen molar-refractivity contribution in [1.82, 2.24) is 25.2 Å². The van der Waals surface area contributed by atoms with Crippen molar-refractivity contribution in [3.8, 4) is 22.8 Å². The Kier molecular flexibility index (Phi) is 7.48. The number of nitrogens with one attached hydrogen (secondary N) is 1. The number of aryl methyl sites for hydroxylation is 1. The summed E-state index contributed by atoms with van der Waals surface area (Å²) in [5.41, 5.74) is 4.24. The van der Waals surface area contributed by atoms with Gasteiger partial charge in [-0.05, 0) is 62.4 Å². The Hall–Kier alpha value is -3.50. The van der Waals surface area contributed by atoms with Gasteiger partial charge in [0.15, 0.2) is 11.0 Å². The van der Waals surface area contributed by atoms with E-state index in [0.717, 1.165) is 21.9 Å². The number of pyridine rings is 1. The first-order valence-corrected chi connectivity index (χ1v) is 12.0. The Morgan fingerprint density at radius 1 is 1.21 bits per heavy atom. The molecule has 1 aromatic carbocycles. The number of hydrogen-bond donors (Lipinski definition) is 1. The van der Waals surface area contributed by atoms with Crippen LogP contribution in [0, 0.1) is 6.92 Å². The average molecular weight is 479 g/mol. The largest absolute Gasteiger partial charge is 0.494 e. The summed E-state index contributed by atoms with van der Waals surface area (Å²) in [4.78, 5) is 18.7. The van der Waals surface area contributed by atoms with E-state index in [0.29, 0.717) is 17.6 Å². The second-order valence-electron chi connectivity index (χ2n) is 6.84. The molecule has 0 saturated carbocycles. The Balaban J connectivity index is 1.52. The number of rotatable bonds is 9. The minimum absolute atomic E-state index is 0.142. The highest BCUT2D eigenvalue weighted by Gasteiger charge is 2.17. The van der Waals surface area contributed by atoms with E-state index in [1.165, 1.54) is 16.6 Å². The average Bonchev–Trinajstić information content (AvgIpc) is 3.45. The van der Waals surface area contributed by atoms with E-state index in [-0.39, 0.29) is 11.7 Å². The van der Waals surface area contributed by atoms with Crippen LogP contribution in [0.5, 0.6) is 5.75 Å². The summed E-state index contributed by atoms with van der Waals surface area (Å²) < 4.78 is 7.46. The first kappa shape index (κ1) is 22.7. The fourth-order valence-corrected chi connectivity index (χ4v) is 4.48. The van der Waals surface area contributed by atoms with Crippen molar-refractivity contribution in [1.29, 1.82) is 0 Å². The number of aromatic nitrogens is 4. The molecule has 0 radical (unpaired) electrons. The molecule has 0 aliphatic heterocycles. The molecule has 0 aliphatic carbocycles. The van der Waals surface area contributed by atoms with Crippen LogP contribution in [0.1, 0.15) is 16.7 Å². The number of benzene rings is 1. The molecule has 0 unspecified atom stereocenters. The van der Waals surface area contributed by atoms with Gasteiger partial charge >= 0.3 is 0 Å². The van der Waals surface area contributed by atoms with Gasteiger partial charge in [-0.15, -0.1) is 21.5 Å². The fourth-order valence-electron chi connectivity index (χ4n) is 2.99. The number of thiophene rings is 1. The molecule has 4 rings (SSSR count). The number of amides is 1. The van der Waals surface area contributed by atoms with Crippen LogP contribution < -0.4 is 10.2 Å². The van der Waals surface area contributed by atoms with E-state index < -0.39 is 0 Å². The summed E-state index contributed by atoms with van der Waals surface area (Å²) in [6.45, 7) is 4.56. The maximum atomic E-state index is 12.3. The molecule has 33 heavy (non-hydrogen) atoms. The van der Waals surface area contributed by atoms with Crippen LogP contribution in [0.3, 0.4) is 0 Å². The standard InChI is InChI=1S/C23H22N6O2S2/c1-3-31-19-9-7-18(8-10-19)29-22(17-5-4-12-24-13-17)27-28-23(29)32-15-21(30)26-25-14-20-11-6-16(2)33-20/h4-14H,3,15H2,1-2H3,(H,26,30). The summed E-state index contributed by atoms with van der Waals surface area (Å²) >= 11 is 2.90. The molecule has 3 heterocycles. The zero-order chi connectivity index (χ0) is 23.0. The molecule has 0 aliphatic rings. The summed E-state index contributed by atoms with van der Waals surface area (Å²) in [7, 11) is 0. The monoisotopic (exact) mass is 478 g/mol. The molecule has 1 N–H and O–H groups in total. The van der Waals surface area contributed by atoms with Crippen molar-refractivity contribution in [3.63, 3.8) is 0 Å². The fraction of sp³-hybridized carbons (Fsp3) is 0.174. The van der Waals surface area contributed by atoms with Gasteiger partial charge in [0.1, 0.15) is 5.75 Å². The molecule has 1 amide bonds. The van der Waals surface area contributed by atoms with Gasteiger partial charge in [0.25, 0.3) is 5.91 Å². The summed E-state index contributed by atoms with van der Waals surface area (Å²) in [5.74, 6) is 1.34. The third kappa shape index (κ3) is 5.85. The smallest absolute Gasteiger partial charge is 0.250 e. The third-order valence-electron chi connectivity index (χ3n) is 4.43. The summed E-state index contributed by atoms with van der Waals surface area (Å²) in [6.07, 6.45) is 5.08. The van der Waals surface area contributed by atoms with Crippen LogP contribution in [0.15, 0.2) is 71.2 Å². The number of carbonyl (C=O) groups is 1. The normalized spacial score (nSPS) is 11.1. The summed E-state index contributed by atoms with van der Waals surface area (Å²) in [6, 6.07) is 15.4. The Labute approximate surface area is 199 Å². The number of thioether (sulfide) groups is 1. The number of carbonyl (C=O) groups excluding carboxylic acids is 1. The van der Waals surface area contributed by atoms with Gasteiger partial charge in [0, 0.05) is 33.4 Å². The predicted molar refractivity (Wildman–Crippen MR) is 131 cm³/mol. The highest BCUT2D eigenvalue weighted by atomic mass is 32.2. The quantitative estimate of drug-likeness (QED) is 0.218. The van der Waals surface area contributed by atoms with Gasteiger partial charge in [-0.1, -0.05) is 11.8 Å². The molecule has 10 heteroatoms. The van der Waals surface area contributed by atoms with E-state index in [1.54, 1.807) is 29.9 Å². The molecule has 3 aromatic heterocycles. The molecule has 4 aromatic rings. The second kappa shape index (κ2) is 10.9. The first-order chi connectivity index (χ1) is 16.1. The molecule has 0 fully saturated rings. The van der Waals surface area contributed by atoms with Crippen LogP contribution in [-0.4, -0.2) is 44.2 Å². The third-order valence-corrected chi connectivity index (χ3v) is 6.30. The van der Waals surface area contributed by atoms with Crippen molar-refractivity contribution in [2.75, 3.05) is 12.4 Å². The molecule has 168 valence electrons. The lowest BCUT2D eigenvalue weighted by Crippen LogP contribution is -2.19. The molecule has 0 saturated heterocycles. The lowest BCUT2D eigenvalue weighted by atomic mass is 10.2. The van der Waals surface area contributed by atoms with E-state index in [2.05, 4.69) is 25.7 Å². The van der Waals surface area contributed by atoms with Crippen molar-refractivity contribution in [2.45, 2.75) is 19.0 Å². The van der Waals surface area contributed by atoms with Gasteiger partial charge < -0.3 is 4.74 Å². The number of hydrazone groups is 1. The van der Waals surface area contributed by atoms with Crippen molar-refractivity contribution >= 4 is 35.2 Å². The van der Waals surface area contributed by atoms with E-state index in [4.69, 9.17) is 4.74 Å². The van der Waals surface area contributed by atoms with E-state index in [9.17, 15) is 4.79 Å². The van der Waals surface area contributed by atoms with Gasteiger partial charge in [0.2, 0.25) is 0 Å². The van der Waals surface area contributed by atoms with Crippen molar-refractivity contribution in [2.24, 2.45) is 5.10 Å². The Bertz CT molecular complexity index is 1240. The Morgan fingerprint density at radius 2 is 2.06 bits per heavy atom. The van der Waals surface area contributed by atoms with Gasteiger partial charge in [-0.2, -0.15) is 5.10 Å². The molecule has 0 spiro atoms. The minimum atomic E-state index is -0.228. The molecular weight excluding hydrogens is 456 g/mol. The highest BCUT2D eigenvalue weighted by molar-refractivity contribution is 7.99. The molecule has 0 bridgehead atoms. The summed E-state index contributed by atoms with van der Waals surface area (Å²) in [5, 5.41) is 13.3. The van der Waals surface area contributed by atoms with Crippen molar-refractivity contribution < 1.29 is 9.53 Å². The second-order valence-corrected chi connectivity index (χ2v) is 9.10. The highest BCUT2D eigenvalue weighted by Crippen LogP contribution is 2.28. The number of ether oxygens (including phenoxy) is 1. The first-order valence-electron chi connectivity index (χ1n) is 10.2. The lowest BCUT2D eigenvalue weighted by molar-refractivity contribution is -0.118. The van der Waals surface area contributed by atoms with Crippen molar-refractivity contribution in [3.05, 3.63) is 70.7 Å². The molecule has 0 atom stereocenters. The topological polar surface area (TPSA) is 94.3 Å². The maximum Gasteiger partial charge on any atom is 0.250 e. The van der Waals surface area contributed by atoms with Gasteiger partial charge in [-0.25, -0.2) is 5.43 Å². The predicted octanol–water partition coefficient (Wildman–Crippen LogP) is 4.34.